The number of carbonyl (C=O) groups is 1. The molecule has 0 radical (unpaired) electrons. The molecule has 4 aromatic rings. The second-order valence-electron chi connectivity index (χ2n) is 8.23. The number of rotatable bonds is 7. The fourth-order valence-electron chi connectivity index (χ4n) is 3.74. The summed E-state index contributed by atoms with van der Waals surface area (Å²) < 4.78 is 34.3. The first-order chi connectivity index (χ1) is 16.2. The summed E-state index contributed by atoms with van der Waals surface area (Å²) >= 11 is 0. The minimum atomic E-state index is -3.80. The van der Waals surface area contributed by atoms with E-state index in [-0.39, 0.29) is 10.8 Å². The number of anilines is 2. The summed E-state index contributed by atoms with van der Waals surface area (Å²) in [5, 5.41) is 4.52. The molecule has 7 heteroatoms. The van der Waals surface area contributed by atoms with Crippen molar-refractivity contribution in [1.82, 2.24) is 0 Å². The number of amides is 1. The Balaban J connectivity index is 1.44. The van der Waals surface area contributed by atoms with Crippen LogP contribution in [-0.2, 0) is 14.8 Å². The van der Waals surface area contributed by atoms with Crippen LogP contribution in [0.2, 0.25) is 0 Å². The molecule has 0 heterocycles. The minimum absolute atomic E-state index is 0.0953. The predicted octanol–water partition coefficient (Wildman–Crippen LogP) is 5.66. The molecule has 4 aromatic carbocycles. The van der Waals surface area contributed by atoms with Gasteiger partial charge in [-0.15, -0.1) is 0 Å². The largest absolute Gasteiger partial charge is 0.481 e. The van der Waals surface area contributed by atoms with Gasteiger partial charge < -0.3 is 10.1 Å². The maximum Gasteiger partial charge on any atom is 0.265 e. The normalized spacial score (nSPS) is 12.2. The molecule has 34 heavy (non-hydrogen) atoms. The van der Waals surface area contributed by atoms with Gasteiger partial charge in [0, 0.05) is 11.1 Å². The lowest BCUT2D eigenvalue weighted by atomic mass is 10.1. The summed E-state index contributed by atoms with van der Waals surface area (Å²) in [6, 6.07) is 24.8. The summed E-state index contributed by atoms with van der Waals surface area (Å²) in [6.07, 6.45) is -0.724. The van der Waals surface area contributed by atoms with Crippen LogP contribution in [0.25, 0.3) is 10.8 Å². The average molecular weight is 475 g/mol. The van der Waals surface area contributed by atoms with Crippen molar-refractivity contribution in [3.63, 3.8) is 0 Å². The molecule has 174 valence electrons. The lowest BCUT2D eigenvalue weighted by molar-refractivity contribution is -0.122. The second kappa shape index (κ2) is 9.57. The Morgan fingerprint density at radius 1 is 0.853 bits per heavy atom. The number of carbonyl (C=O) groups excluding carboxylic acids is 1. The van der Waals surface area contributed by atoms with Gasteiger partial charge in [0.25, 0.3) is 15.9 Å². The van der Waals surface area contributed by atoms with Gasteiger partial charge in [-0.2, -0.15) is 0 Å². The van der Waals surface area contributed by atoms with Gasteiger partial charge in [-0.3, -0.25) is 9.52 Å². The van der Waals surface area contributed by atoms with Crippen molar-refractivity contribution < 1.29 is 17.9 Å². The maximum absolute atomic E-state index is 12.9. The van der Waals surface area contributed by atoms with Crippen LogP contribution < -0.4 is 14.8 Å². The van der Waals surface area contributed by atoms with Crippen molar-refractivity contribution >= 4 is 38.1 Å². The lowest BCUT2D eigenvalue weighted by Gasteiger charge is -2.16. The van der Waals surface area contributed by atoms with Crippen molar-refractivity contribution in [3.8, 4) is 5.75 Å². The van der Waals surface area contributed by atoms with Gasteiger partial charge in [-0.05, 0) is 79.7 Å². The van der Waals surface area contributed by atoms with Crippen LogP contribution in [0.5, 0.6) is 5.75 Å². The van der Waals surface area contributed by atoms with E-state index in [9.17, 15) is 13.2 Å². The second-order valence-corrected chi connectivity index (χ2v) is 9.91. The quantitative estimate of drug-likeness (QED) is 0.362. The summed E-state index contributed by atoms with van der Waals surface area (Å²) in [5.74, 6) is 0.296. The van der Waals surface area contributed by atoms with Crippen molar-refractivity contribution in [2.75, 3.05) is 10.0 Å². The Labute approximate surface area is 199 Å². The molecule has 0 aromatic heterocycles. The van der Waals surface area contributed by atoms with Gasteiger partial charge in [0.1, 0.15) is 5.75 Å². The van der Waals surface area contributed by atoms with E-state index in [1.54, 1.807) is 31.2 Å². The highest BCUT2D eigenvalue weighted by Crippen LogP contribution is 2.26. The third-order valence-corrected chi connectivity index (χ3v) is 6.72. The molecule has 0 aliphatic carbocycles. The first kappa shape index (κ1) is 23.3. The fraction of sp³-hybridized carbons (Fsp3) is 0.148. The smallest absolute Gasteiger partial charge is 0.265 e. The zero-order chi connectivity index (χ0) is 24.3. The molecule has 0 aliphatic heterocycles. The minimum Gasteiger partial charge on any atom is -0.481 e. The Morgan fingerprint density at radius 3 is 2.21 bits per heavy atom. The summed E-state index contributed by atoms with van der Waals surface area (Å²) in [7, 11) is -3.80. The van der Waals surface area contributed by atoms with Gasteiger partial charge in [0.05, 0.1) is 10.6 Å². The first-order valence-electron chi connectivity index (χ1n) is 10.9. The number of sulfonamides is 1. The summed E-state index contributed by atoms with van der Waals surface area (Å²) in [4.78, 5) is 12.7. The molecule has 1 atom stereocenters. The van der Waals surface area contributed by atoms with Crippen LogP contribution in [0.1, 0.15) is 18.1 Å². The van der Waals surface area contributed by atoms with Crippen molar-refractivity contribution in [2.45, 2.75) is 31.8 Å². The van der Waals surface area contributed by atoms with Crippen LogP contribution in [0.4, 0.5) is 11.4 Å². The number of hydrogen-bond donors (Lipinski definition) is 2. The Kier molecular flexibility index (Phi) is 6.56. The van der Waals surface area contributed by atoms with Gasteiger partial charge in [-0.1, -0.05) is 42.5 Å². The number of aryl methyl sites for hydroxylation is 2. The van der Waals surface area contributed by atoms with Crippen LogP contribution in [-0.4, -0.2) is 20.4 Å². The average Bonchev–Trinajstić information content (AvgIpc) is 2.79. The number of nitrogens with one attached hydrogen (secondary N) is 2. The van der Waals surface area contributed by atoms with Crippen LogP contribution >= 0.6 is 0 Å². The van der Waals surface area contributed by atoms with Crippen molar-refractivity contribution in [2.24, 2.45) is 0 Å². The van der Waals surface area contributed by atoms with E-state index < -0.39 is 16.1 Å². The zero-order valence-electron chi connectivity index (χ0n) is 19.2. The Bertz CT molecular complexity index is 1420. The lowest BCUT2D eigenvalue weighted by Crippen LogP contribution is -2.30. The van der Waals surface area contributed by atoms with Gasteiger partial charge in [0.2, 0.25) is 0 Å². The van der Waals surface area contributed by atoms with E-state index in [1.807, 2.05) is 62.4 Å². The SMILES string of the molecule is Cc1cc(C)cc(O[C@@H](C)C(=O)Nc2ccc(S(=O)(=O)Nc3cccc4ccccc34)cc2)c1. The zero-order valence-corrected chi connectivity index (χ0v) is 20.0. The Hall–Kier alpha value is -3.84. The Morgan fingerprint density at radius 2 is 1.50 bits per heavy atom. The van der Waals surface area contributed by atoms with Crippen LogP contribution in [0.15, 0.2) is 89.8 Å². The molecule has 0 unspecified atom stereocenters. The highest BCUT2D eigenvalue weighted by molar-refractivity contribution is 7.92. The third-order valence-electron chi connectivity index (χ3n) is 5.34. The van der Waals surface area contributed by atoms with Crippen molar-refractivity contribution in [3.05, 3.63) is 96.1 Å². The maximum atomic E-state index is 12.9. The van der Waals surface area contributed by atoms with E-state index in [0.717, 1.165) is 21.9 Å². The van der Waals surface area contributed by atoms with Crippen LogP contribution in [0, 0.1) is 13.8 Å². The molecular formula is C27H26N2O4S. The van der Waals surface area contributed by atoms with E-state index >= 15 is 0 Å². The number of ether oxygens (including phenoxy) is 1. The van der Waals surface area contributed by atoms with E-state index in [4.69, 9.17) is 4.74 Å². The molecule has 0 saturated heterocycles. The monoisotopic (exact) mass is 474 g/mol. The van der Waals surface area contributed by atoms with Gasteiger partial charge in [-0.25, -0.2) is 8.42 Å². The number of benzene rings is 4. The van der Waals surface area contributed by atoms with E-state index in [0.29, 0.717) is 17.1 Å². The molecule has 0 aliphatic rings. The topological polar surface area (TPSA) is 84.5 Å². The van der Waals surface area contributed by atoms with Crippen LogP contribution in [0.3, 0.4) is 0 Å². The molecule has 1 amide bonds. The number of fused-ring (bicyclic) bond motifs is 1. The molecular weight excluding hydrogens is 448 g/mol. The van der Waals surface area contributed by atoms with Crippen molar-refractivity contribution in [1.29, 1.82) is 0 Å². The third kappa shape index (κ3) is 5.38. The standard InChI is InChI=1S/C27H26N2O4S/c1-18-15-19(2)17-23(16-18)33-20(3)27(30)28-22-11-13-24(14-12-22)34(31,32)29-26-10-6-8-21-7-4-5-9-25(21)26/h4-17,20,29H,1-3H3,(H,28,30)/t20-/m0/s1. The number of hydrogen-bond acceptors (Lipinski definition) is 4. The van der Waals surface area contributed by atoms with E-state index in [2.05, 4.69) is 10.0 Å². The molecule has 6 nitrogen and oxygen atoms in total. The molecule has 2 N–H and O–H groups in total. The fourth-order valence-corrected chi connectivity index (χ4v) is 4.82. The molecule has 0 spiro atoms. The highest BCUT2D eigenvalue weighted by Gasteiger charge is 2.18. The predicted molar refractivity (Wildman–Crippen MR) is 136 cm³/mol. The molecule has 0 fully saturated rings. The molecule has 0 bridgehead atoms. The van der Waals surface area contributed by atoms with Gasteiger partial charge >= 0.3 is 0 Å². The molecule has 4 rings (SSSR count). The first-order valence-corrected chi connectivity index (χ1v) is 12.4. The molecule has 0 saturated carbocycles. The summed E-state index contributed by atoms with van der Waals surface area (Å²) in [5.41, 5.74) is 3.09. The summed E-state index contributed by atoms with van der Waals surface area (Å²) in [6.45, 7) is 5.60. The van der Waals surface area contributed by atoms with E-state index in [1.165, 1.54) is 12.1 Å². The van der Waals surface area contributed by atoms with Gasteiger partial charge in [0.15, 0.2) is 6.10 Å². The highest BCUT2D eigenvalue weighted by atomic mass is 32.2.